The van der Waals surface area contributed by atoms with Gasteiger partial charge in [-0.1, -0.05) is 35.3 Å². The molecule has 3 aromatic carbocycles. The summed E-state index contributed by atoms with van der Waals surface area (Å²) >= 11 is 13.4. The number of phenols is 1. The van der Waals surface area contributed by atoms with Crippen molar-refractivity contribution < 1.29 is 28.5 Å². The SMILES string of the molecule is COc1cc(/C=N\N=C2\S/C(=C\c3ccc(OCc4ccc(Cl)cc4Cl)c(OC)c3)C(=O)N2Cc2ccco2)ccc1O. The molecule has 1 aliphatic heterocycles. The molecule has 0 bridgehead atoms. The first-order valence-corrected chi connectivity index (χ1v) is 14.4. The lowest BCUT2D eigenvalue weighted by molar-refractivity contribution is -0.122. The fourth-order valence-electron chi connectivity index (χ4n) is 4.04. The first-order valence-electron chi connectivity index (χ1n) is 12.8. The maximum Gasteiger partial charge on any atom is 0.267 e. The van der Waals surface area contributed by atoms with E-state index in [0.717, 1.165) is 11.1 Å². The summed E-state index contributed by atoms with van der Waals surface area (Å²) in [5, 5.41) is 19.8. The fourth-order valence-corrected chi connectivity index (χ4v) is 5.44. The van der Waals surface area contributed by atoms with Crippen molar-refractivity contribution in [3.63, 3.8) is 0 Å². The molecule has 43 heavy (non-hydrogen) atoms. The number of hydrogen-bond acceptors (Lipinski definition) is 9. The molecule has 1 amide bonds. The first-order chi connectivity index (χ1) is 20.8. The van der Waals surface area contributed by atoms with Gasteiger partial charge in [0, 0.05) is 15.6 Å². The van der Waals surface area contributed by atoms with Crippen LogP contribution in [0.4, 0.5) is 0 Å². The van der Waals surface area contributed by atoms with Crippen LogP contribution in [0.1, 0.15) is 22.5 Å². The first kappa shape index (κ1) is 30.1. The van der Waals surface area contributed by atoms with E-state index in [2.05, 4.69) is 10.2 Å². The Bertz CT molecular complexity index is 1720. The number of rotatable bonds is 10. The summed E-state index contributed by atoms with van der Waals surface area (Å²) in [5.41, 5.74) is 2.17. The summed E-state index contributed by atoms with van der Waals surface area (Å²) in [6.45, 7) is 0.404. The number of amidine groups is 1. The van der Waals surface area contributed by atoms with Crippen molar-refractivity contribution in [1.29, 1.82) is 0 Å². The molecule has 220 valence electrons. The summed E-state index contributed by atoms with van der Waals surface area (Å²) in [7, 11) is 3.01. The third-order valence-corrected chi connectivity index (χ3v) is 7.80. The number of halogens is 2. The van der Waals surface area contributed by atoms with E-state index in [1.54, 1.807) is 74.0 Å². The van der Waals surface area contributed by atoms with Crippen LogP contribution in [0.15, 0.2) is 92.5 Å². The van der Waals surface area contributed by atoms with E-state index in [0.29, 0.717) is 48.7 Å². The highest BCUT2D eigenvalue weighted by molar-refractivity contribution is 8.18. The predicted molar refractivity (Wildman–Crippen MR) is 168 cm³/mol. The quantitative estimate of drug-likeness (QED) is 0.110. The zero-order chi connectivity index (χ0) is 30.3. The highest BCUT2D eigenvalue weighted by Gasteiger charge is 2.34. The molecule has 1 aliphatic rings. The highest BCUT2D eigenvalue weighted by atomic mass is 35.5. The van der Waals surface area contributed by atoms with Gasteiger partial charge in [-0.05, 0) is 83.6 Å². The van der Waals surface area contributed by atoms with Crippen LogP contribution in [0.25, 0.3) is 6.08 Å². The number of carbonyl (C=O) groups excluding carboxylic acids is 1. The van der Waals surface area contributed by atoms with Crippen LogP contribution >= 0.6 is 35.0 Å². The fraction of sp³-hybridized carbons (Fsp3) is 0.129. The smallest absolute Gasteiger partial charge is 0.267 e. The van der Waals surface area contributed by atoms with Crippen molar-refractivity contribution in [1.82, 2.24) is 4.90 Å². The molecule has 1 fully saturated rings. The molecule has 0 spiro atoms. The average Bonchev–Trinajstić information content (AvgIpc) is 3.62. The van der Waals surface area contributed by atoms with Crippen LogP contribution in [0.2, 0.25) is 10.0 Å². The Kier molecular flexibility index (Phi) is 9.61. The molecule has 12 heteroatoms. The van der Waals surface area contributed by atoms with Crippen LogP contribution in [-0.4, -0.2) is 41.5 Å². The maximum atomic E-state index is 13.5. The number of thioether (sulfide) groups is 1. The third kappa shape index (κ3) is 7.34. The summed E-state index contributed by atoms with van der Waals surface area (Å²) in [6.07, 6.45) is 4.80. The van der Waals surface area contributed by atoms with E-state index in [1.807, 2.05) is 6.07 Å². The largest absolute Gasteiger partial charge is 0.504 e. The van der Waals surface area contributed by atoms with E-state index in [1.165, 1.54) is 36.1 Å². The number of nitrogens with zero attached hydrogens (tertiary/aromatic N) is 3. The van der Waals surface area contributed by atoms with Gasteiger partial charge in [-0.25, -0.2) is 0 Å². The van der Waals surface area contributed by atoms with E-state index in [4.69, 9.17) is 41.8 Å². The van der Waals surface area contributed by atoms with Gasteiger partial charge in [-0.3, -0.25) is 9.69 Å². The summed E-state index contributed by atoms with van der Waals surface area (Å²) in [6, 6.07) is 18.9. The molecule has 0 radical (unpaired) electrons. The van der Waals surface area contributed by atoms with Gasteiger partial charge in [0.1, 0.15) is 12.4 Å². The van der Waals surface area contributed by atoms with Crippen LogP contribution < -0.4 is 14.2 Å². The highest BCUT2D eigenvalue weighted by Crippen LogP contribution is 2.36. The zero-order valence-corrected chi connectivity index (χ0v) is 25.3. The van der Waals surface area contributed by atoms with E-state index in [-0.39, 0.29) is 24.8 Å². The minimum absolute atomic E-state index is 0.0180. The normalized spacial score (nSPS) is 15.2. The number of amides is 1. The molecule has 4 aromatic rings. The Morgan fingerprint density at radius 1 is 0.977 bits per heavy atom. The number of benzene rings is 3. The van der Waals surface area contributed by atoms with Crippen molar-refractivity contribution in [3.05, 3.63) is 110 Å². The minimum atomic E-state index is -0.252. The molecule has 1 aromatic heterocycles. The lowest BCUT2D eigenvalue weighted by atomic mass is 10.1. The van der Waals surface area contributed by atoms with Crippen molar-refractivity contribution in [2.24, 2.45) is 10.2 Å². The van der Waals surface area contributed by atoms with Crippen molar-refractivity contribution >= 4 is 58.3 Å². The van der Waals surface area contributed by atoms with Crippen molar-refractivity contribution in [2.45, 2.75) is 13.2 Å². The number of aromatic hydroxyl groups is 1. The van der Waals surface area contributed by atoms with Crippen LogP contribution in [0, 0.1) is 0 Å². The Morgan fingerprint density at radius 3 is 2.51 bits per heavy atom. The molecule has 1 N–H and O–H groups in total. The van der Waals surface area contributed by atoms with Crippen LogP contribution in [0.3, 0.4) is 0 Å². The second-order valence-electron chi connectivity index (χ2n) is 9.07. The number of phenolic OH excluding ortho intramolecular Hbond substituents is 1. The van der Waals surface area contributed by atoms with Gasteiger partial charge in [0.2, 0.25) is 0 Å². The third-order valence-electron chi connectivity index (χ3n) is 6.22. The predicted octanol–water partition coefficient (Wildman–Crippen LogP) is 7.39. The molecule has 5 rings (SSSR count). The molecular formula is C31H25Cl2N3O6S. The standard InChI is InChI=1S/C31H25Cl2N3O6S/c1-39-27-13-20(5-9-25(27)37)16-34-35-31-36(17-23-4-3-11-41-23)30(38)29(43-31)14-19-6-10-26(28(12-19)40-2)42-18-21-7-8-22(32)15-24(21)33/h3-16,37H,17-18H2,1-2H3/b29-14-,34-16-,35-31+. The monoisotopic (exact) mass is 637 g/mol. The molecule has 0 saturated carbocycles. The lowest BCUT2D eigenvalue weighted by Crippen LogP contribution is -2.28. The number of hydrogen-bond donors (Lipinski definition) is 1. The molecule has 1 saturated heterocycles. The minimum Gasteiger partial charge on any atom is -0.504 e. The second kappa shape index (κ2) is 13.7. The zero-order valence-electron chi connectivity index (χ0n) is 23.0. The number of ether oxygens (including phenoxy) is 3. The van der Waals surface area contributed by atoms with Gasteiger partial charge in [-0.2, -0.15) is 5.10 Å². The molecule has 2 heterocycles. The van der Waals surface area contributed by atoms with Gasteiger partial charge >= 0.3 is 0 Å². The summed E-state index contributed by atoms with van der Waals surface area (Å²) in [4.78, 5) is 15.4. The van der Waals surface area contributed by atoms with Gasteiger partial charge in [0.25, 0.3) is 5.91 Å². The van der Waals surface area contributed by atoms with Gasteiger partial charge in [0.05, 0.1) is 38.1 Å². The lowest BCUT2D eigenvalue weighted by Gasteiger charge is -2.13. The van der Waals surface area contributed by atoms with Crippen LogP contribution in [-0.2, 0) is 17.9 Å². The molecule has 0 atom stereocenters. The summed E-state index contributed by atoms with van der Waals surface area (Å²) in [5.74, 6) is 1.68. The number of carbonyl (C=O) groups is 1. The van der Waals surface area contributed by atoms with Gasteiger partial charge < -0.3 is 23.7 Å². The Labute approximate surface area is 262 Å². The maximum absolute atomic E-state index is 13.5. The van der Waals surface area contributed by atoms with Crippen molar-refractivity contribution in [2.75, 3.05) is 14.2 Å². The van der Waals surface area contributed by atoms with E-state index < -0.39 is 0 Å². The molecule has 9 nitrogen and oxygen atoms in total. The number of methoxy groups -OCH3 is 2. The summed E-state index contributed by atoms with van der Waals surface area (Å²) < 4.78 is 22.1. The van der Waals surface area contributed by atoms with E-state index >= 15 is 0 Å². The topological polar surface area (TPSA) is 106 Å². The molecule has 0 unspecified atom stereocenters. The Balaban J connectivity index is 1.37. The second-order valence-corrected chi connectivity index (χ2v) is 10.9. The van der Waals surface area contributed by atoms with E-state index in [9.17, 15) is 9.90 Å². The molecular weight excluding hydrogens is 613 g/mol. The van der Waals surface area contributed by atoms with Crippen LogP contribution in [0.5, 0.6) is 23.0 Å². The molecule has 0 aliphatic carbocycles. The Hall–Kier alpha value is -4.38. The van der Waals surface area contributed by atoms with Gasteiger partial charge in [0.15, 0.2) is 28.2 Å². The number of furan rings is 1. The Morgan fingerprint density at radius 2 is 1.77 bits per heavy atom. The van der Waals surface area contributed by atoms with Crippen molar-refractivity contribution in [3.8, 4) is 23.0 Å². The van der Waals surface area contributed by atoms with Gasteiger partial charge in [-0.15, -0.1) is 5.10 Å². The average molecular weight is 639 g/mol.